The molecular weight excluding hydrogens is 478 g/mol. The number of aromatic nitrogens is 5. The van der Waals surface area contributed by atoms with E-state index in [1.54, 1.807) is 4.68 Å². The molecule has 2 aromatic carbocycles. The van der Waals surface area contributed by atoms with E-state index in [2.05, 4.69) is 41.9 Å². The zero-order valence-electron chi connectivity index (χ0n) is 14.7. The number of hydrogen-bond donors (Lipinski definition) is 1. The molecule has 5 rings (SSSR count). The van der Waals surface area contributed by atoms with Crippen LogP contribution in [-0.2, 0) is 11.3 Å². The van der Waals surface area contributed by atoms with Crippen molar-refractivity contribution in [3.8, 4) is 0 Å². The van der Waals surface area contributed by atoms with Gasteiger partial charge < -0.3 is 0 Å². The number of β-lactam (4-membered cyclic amide) rings is 1. The van der Waals surface area contributed by atoms with Gasteiger partial charge in [0.1, 0.15) is 21.9 Å². The number of amides is 1. The van der Waals surface area contributed by atoms with Crippen molar-refractivity contribution in [2.75, 3.05) is 5.43 Å². The first-order chi connectivity index (χ1) is 14.1. The number of nitrogens with zero attached hydrogens (tertiary/aromatic N) is 6. The molecule has 0 spiro atoms. The molecule has 29 heavy (non-hydrogen) atoms. The van der Waals surface area contributed by atoms with Gasteiger partial charge in [-0.25, -0.2) is 9.69 Å². The summed E-state index contributed by atoms with van der Waals surface area (Å²) < 4.78 is 2.67. The Morgan fingerprint density at radius 2 is 1.90 bits per heavy atom. The van der Waals surface area contributed by atoms with Gasteiger partial charge in [0.05, 0.1) is 12.1 Å². The van der Waals surface area contributed by atoms with E-state index in [9.17, 15) is 4.79 Å². The molecule has 0 radical (unpaired) electrons. The van der Waals surface area contributed by atoms with Gasteiger partial charge in [0.2, 0.25) is 5.13 Å². The number of fused-ring (bicyclic) bond motifs is 1. The third-order valence-electron chi connectivity index (χ3n) is 4.64. The van der Waals surface area contributed by atoms with Gasteiger partial charge in [-0.05, 0) is 23.8 Å². The van der Waals surface area contributed by atoms with Gasteiger partial charge in [-0.15, -0.1) is 26.9 Å². The molecule has 1 amide bonds. The number of nitrogens with one attached hydrogen (secondary N) is 1. The van der Waals surface area contributed by atoms with Crippen molar-refractivity contribution in [3.05, 3.63) is 63.6 Å². The second-order valence-electron chi connectivity index (χ2n) is 6.42. The van der Waals surface area contributed by atoms with Crippen LogP contribution in [0.4, 0.5) is 5.13 Å². The molecule has 4 aromatic rings. The fourth-order valence-electron chi connectivity index (χ4n) is 3.22. The molecule has 1 aliphatic heterocycles. The van der Waals surface area contributed by atoms with Crippen LogP contribution in [0.3, 0.4) is 0 Å². The third kappa shape index (κ3) is 3.26. The number of carbonyl (C=O) groups is 1. The summed E-state index contributed by atoms with van der Waals surface area (Å²) in [5.74, 6) is -0.202. The predicted molar refractivity (Wildman–Crippen MR) is 114 cm³/mol. The molecule has 8 nitrogen and oxygen atoms in total. The van der Waals surface area contributed by atoms with E-state index in [0.29, 0.717) is 11.7 Å². The van der Waals surface area contributed by atoms with Crippen LogP contribution < -0.4 is 5.43 Å². The normalized spacial score (nSPS) is 18.8. The Bertz CT molecular complexity index is 1210. The molecular formula is C18H13BrClN7OS. The monoisotopic (exact) mass is 489 g/mol. The summed E-state index contributed by atoms with van der Waals surface area (Å²) in [5, 5.41) is 18.8. The van der Waals surface area contributed by atoms with Crippen molar-refractivity contribution in [2.24, 2.45) is 0 Å². The van der Waals surface area contributed by atoms with Gasteiger partial charge >= 0.3 is 0 Å². The van der Waals surface area contributed by atoms with E-state index in [4.69, 9.17) is 11.6 Å². The number of benzene rings is 2. The molecule has 1 N–H and O–H groups in total. The molecule has 146 valence electrons. The van der Waals surface area contributed by atoms with Gasteiger partial charge in [-0.1, -0.05) is 62.8 Å². The Morgan fingerprint density at radius 1 is 1.10 bits per heavy atom. The summed E-state index contributed by atoms with van der Waals surface area (Å²) in [4.78, 5) is 12.3. The van der Waals surface area contributed by atoms with Crippen molar-refractivity contribution in [1.29, 1.82) is 0 Å². The Balaban J connectivity index is 1.34. The summed E-state index contributed by atoms with van der Waals surface area (Å²) in [6.45, 7) is 0.444. The maximum absolute atomic E-state index is 12.3. The number of carbonyl (C=O) groups excluding carboxylic acids is 1. The molecule has 2 aromatic heterocycles. The molecule has 0 saturated carbocycles. The van der Waals surface area contributed by atoms with E-state index < -0.39 is 5.38 Å². The highest BCUT2D eigenvalue weighted by Crippen LogP contribution is 2.41. The predicted octanol–water partition coefficient (Wildman–Crippen LogP) is 3.61. The highest BCUT2D eigenvalue weighted by Gasteiger charge is 2.48. The average Bonchev–Trinajstić information content (AvgIpc) is 3.36. The fourth-order valence-corrected chi connectivity index (χ4v) is 4.81. The van der Waals surface area contributed by atoms with Gasteiger partial charge in [0.25, 0.3) is 5.91 Å². The first kappa shape index (κ1) is 18.5. The molecule has 1 fully saturated rings. The van der Waals surface area contributed by atoms with E-state index in [-0.39, 0.29) is 11.9 Å². The standard InChI is InChI=1S/C18H13BrClN7OS/c19-11-6-2-1-5-10(11)16-15(20)17(28)27(16)24-18-23-22-14(29-18)9-26-13-8-4-3-7-12(13)21-25-26/h1-8,15-16H,9H2,(H,23,24). The zero-order valence-corrected chi connectivity index (χ0v) is 17.9. The lowest BCUT2D eigenvalue weighted by atomic mass is 9.95. The van der Waals surface area contributed by atoms with Gasteiger partial charge in [-0.2, -0.15) is 0 Å². The fraction of sp³-hybridized carbons (Fsp3) is 0.167. The maximum atomic E-state index is 12.3. The average molecular weight is 491 g/mol. The second kappa shape index (κ2) is 7.36. The SMILES string of the molecule is O=C1C(Cl)C(c2ccccc2Br)N1Nc1nnc(Cn2nnc3ccccc32)s1. The van der Waals surface area contributed by atoms with Crippen LogP contribution in [0.25, 0.3) is 11.0 Å². The van der Waals surface area contributed by atoms with Crippen molar-refractivity contribution >= 4 is 60.9 Å². The molecule has 0 aliphatic carbocycles. The minimum absolute atomic E-state index is 0.202. The van der Waals surface area contributed by atoms with Crippen molar-refractivity contribution in [2.45, 2.75) is 18.0 Å². The smallest absolute Gasteiger partial charge is 0.262 e. The van der Waals surface area contributed by atoms with Gasteiger partial charge in [0.15, 0.2) is 0 Å². The highest BCUT2D eigenvalue weighted by atomic mass is 79.9. The van der Waals surface area contributed by atoms with Crippen LogP contribution in [0, 0.1) is 0 Å². The quantitative estimate of drug-likeness (QED) is 0.340. The molecule has 1 saturated heterocycles. The lowest BCUT2D eigenvalue weighted by Gasteiger charge is -2.44. The molecule has 0 bridgehead atoms. The van der Waals surface area contributed by atoms with Crippen molar-refractivity contribution < 1.29 is 4.79 Å². The Kier molecular flexibility index (Phi) is 4.69. The lowest BCUT2D eigenvalue weighted by Crippen LogP contribution is -2.58. The molecule has 11 heteroatoms. The van der Waals surface area contributed by atoms with Gasteiger partial charge in [-0.3, -0.25) is 10.2 Å². The van der Waals surface area contributed by atoms with Crippen LogP contribution in [0.5, 0.6) is 0 Å². The summed E-state index contributed by atoms with van der Waals surface area (Å²) in [6, 6.07) is 15.1. The molecule has 2 unspecified atom stereocenters. The molecule has 3 heterocycles. The number of para-hydroxylation sites is 1. The Hall–Kier alpha value is -2.56. The van der Waals surface area contributed by atoms with Crippen LogP contribution in [-0.4, -0.2) is 41.5 Å². The number of hydrazine groups is 1. The number of rotatable bonds is 5. The van der Waals surface area contributed by atoms with Crippen LogP contribution in [0.1, 0.15) is 16.6 Å². The van der Waals surface area contributed by atoms with Gasteiger partial charge in [0, 0.05) is 4.47 Å². The number of halogens is 2. The summed E-state index contributed by atoms with van der Waals surface area (Å²) in [6.07, 6.45) is 0. The second-order valence-corrected chi connectivity index (χ2v) is 8.81. The largest absolute Gasteiger partial charge is 0.271 e. The minimum atomic E-state index is -0.630. The Labute approximate surface area is 182 Å². The number of hydrogen-bond acceptors (Lipinski definition) is 7. The van der Waals surface area contributed by atoms with Crippen LogP contribution >= 0.6 is 38.9 Å². The van der Waals surface area contributed by atoms with Crippen LogP contribution in [0.2, 0.25) is 0 Å². The molecule has 1 aliphatic rings. The first-order valence-electron chi connectivity index (χ1n) is 8.70. The lowest BCUT2D eigenvalue weighted by molar-refractivity contribution is -0.143. The minimum Gasteiger partial charge on any atom is -0.271 e. The summed E-state index contributed by atoms with van der Waals surface area (Å²) in [5.41, 5.74) is 5.73. The third-order valence-corrected chi connectivity index (χ3v) is 6.60. The highest BCUT2D eigenvalue weighted by molar-refractivity contribution is 9.10. The number of alkyl halides is 1. The first-order valence-corrected chi connectivity index (χ1v) is 10.8. The maximum Gasteiger partial charge on any atom is 0.262 e. The van der Waals surface area contributed by atoms with E-state index in [0.717, 1.165) is 26.1 Å². The van der Waals surface area contributed by atoms with Crippen molar-refractivity contribution in [1.82, 2.24) is 30.2 Å². The van der Waals surface area contributed by atoms with Crippen LogP contribution in [0.15, 0.2) is 53.0 Å². The molecule has 2 atom stereocenters. The topological polar surface area (TPSA) is 88.8 Å². The summed E-state index contributed by atoms with van der Waals surface area (Å²) >= 11 is 11.2. The van der Waals surface area contributed by atoms with E-state index in [1.165, 1.54) is 16.3 Å². The number of anilines is 1. The van der Waals surface area contributed by atoms with E-state index in [1.807, 2.05) is 48.5 Å². The van der Waals surface area contributed by atoms with E-state index >= 15 is 0 Å². The zero-order chi connectivity index (χ0) is 20.0. The summed E-state index contributed by atoms with van der Waals surface area (Å²) in [7, 11) is 0. The Morgan fingerprint density at radius 3 is 2.76 bits per heavy atom. The van der Waals surface area contributed by atoms with Crippen molar-refractivity contribution in [3.63, 3.8) is 0 Å².